The molecular weight excluding hydrogens is 266 g/mol. The van der Waals surface area contributed by atoms with Crippen molar-refractivity contribution in [3.8, 4) is 0 Å². The van der Waals surface area contributed by atoms with E-state index >= 15 is 0 Å². The zero-order chi connectivity index (χ0) is 15.2. The van der Waals surface area contributed by atoms with Gasteiger partial charge in [-0.15, -0.1) is 0 Å². The third-order valence-electron chi connectivity index (χ3n) is 3.24. The summed E-state index contributed by atoms with van der Waals surface area (Å²) in [6.07, 6.45) is 0. The Morgan fingerprint density at radius 2 is 1.90 bits per heavy atom. The van der Waals surface area contributed by atoms with E-state index < -0.39 is 0 Å². The molecular formula is C16H19N3O2. The maximum absolute atomic E-state index is 11.0. The van der Waals surface area contributed by atoms with Crippen LogP contribution < -0.4 is 10.6 Å². The minimum atomic E-state index is -0.361. The minimum Gasteiger partial charge on any atom is -0.366 e. The van der Waals surface area contributed by atoms with Crippen LogP contribution in [0.25, 0.3) is 0 Å². The van der Waals surface area contributed by atoms with Crippen LogP contribution in [0.3, 0.4) is 0 Å². The Balaban J connectivity index is 2.31. The highest BCUT2D eigenvalue weighted by Crippen LogP contribution is 2.25. The summed E-state index contributed by atoms with van der Waals surface area (Å²) in [4.78, 5) is 12.7. The fourth-order valence-electron chi connectivity index (χ4n) is 2.29. The zero-order valence-electron chi connectivity index (χ0n) is 12.0. The van der Waals surface area contributed by atoms with Crippen LogP contribution in [0, 0.1) is 17.0 Å². The number of non-ortho nitro benzene ring substituents is 1. The summed E-state index contributed by atoms with van der Waals surface area (Å²) in [5.74, 6) is 0. The summed E-state index contributed by atoms with van der Waals surface area (Å²) >= 11 is 0. The first kappa shape index (κ1) is 15.0. The quantitative estimate of drug-likeness (QED) is 0.654. The molecule has 5 heteroatoms. The molecule has 0 saturated heterocycles. The van der Waals surface area contributed by atoms with Crippen molar-refractivity contribution in [2.45, 2.75) is 13.5 Å². The summed E-state index contributed by atoms with van der Waals surface area (Å²) in [5, 5.41) is 11.0. The number of nitro benzene ring substituents is 1. The molecule has 0 aliphatic carbocycles. The first-order valence-corrected chi connectivity index (χ1v) is 6.85. The summed E-state index contributed by atoms with van der Waals surface area (Å²) in [6.45, 7) is 3.68. The maximum atomic E-state index is 11.0. The second-order valence-corrected chi connectivity index (χ2v) is 4.98. The zero-order valence-corrected chi connectivity index (χ0v) is 12.0. The third-order valence-corrected chi connectivity index (χ3v) is 3.24. The first-order valence-electron chi connectivity index (χ1n) is 6.85. The Kier molecular flexibility index (Phi) is 4.90. The largest absolute Gasteiger partial charge is 0.366 e. The second kappa shape index (κ2) is 6.85. The summed E-state index contributed by atoms with van der Waals surface area (Å²) < 4.78 is 0. The standard InChI is InChI=1S/C16H19N3O2/c1-13-9-15(11-16(10-13)19(20)21)18(8-7-17)12-14-5-3-2-4-6-14/h2-6,9-11H,7-8,12,17H2,1H3. The monoisotopic (exact) mass is 285 g/mol. The lowest BCUT2D eigenvalue weighted by Crippen LogP contribution is -2.29. The van der Waals surface area contributed by atoms with Crippen LogP contribution in [-0.4, -0.2) is 18.0 Å². The van der Waals surface area contributed by atoms with Crippen molar-refractivity contribution in [3.63, 3.8) is 0 Å². The van der Waals surface area contributed by atoms with Crippen molar-refractivity contribution in [1.82, 2.24) is 0 Å². The van der Waals surface area contributed by atoms with Crippen LogP contribution in [0.15, 0.2) is 48.5 Å². The van der Waals surface area contributed by atoms with Crippen molar-refractivity contribution in [3.05, 3.63) is 69.8 Å². The highest BCUT2D eigenvalue weighted by molar-refractivity contribution is 5.56. The van der Waals surface area contributed by atoms with Gasteiger partial charge in [-0.1, -0.05) is 30.3 Å². The molecule has 2 aromatic rings. The van der Waals surface area contributed by atoms with Crippen molar-refractivity contribution in [2.75, 3.05) is 18.0 Å². The van der Waals surface area contributed by atoms with Crippen molar-refractivity contribution in [1.29, 1.82) is 0 Å². The molecule has 2 rings (SSSR count). The van der Waals surface area contributed by atoms with Gasteiger partial charge in [0.15, 0.2) is 0 Å². The second-order valence-electron chi connectivity index (χ2n) is 4.98. The molecule has 0 bridgehead atoms. The van der Waals surface area contributed by atoms with E-state index in [1.54, 1.807) is 12.1 Å². The van der Waals surface area contributed by atoms with E-state index in [1.165, 1.54) is 0 Å². The van der Waals surface area contributed by atoms with Crippen LogP contribution in [0.1, 0.15) is 11.1 Å². The number of hydrogen-bond acceptors (Lipinski definition) is 4. The van der Waals surface area contributed by atoms with E-state index in [0.717, 1.165) is 16.8 Å². The summed E-state index contributed by atoms with van der Waals surface area (Å²) in [7, 11) is 0. The predicted molar refractivity (Wildman–Crippen MR) is 84.4 cm³/mol. The van der Waals surface area contributed by atoms with Gasteiger partial charge in [0, 0.05) is 37.5 Å². The van der Waals surface area contributed by atoms with Crippen LogP contribution in [0.4, 0.5) is 11.4 Å². The summed E-state index contributed by atoms with van der Waals surface area (Å²) in [5.41, 5.74) is 8.64. The number of hydrogen-bond donors (Lipinski definition) is 1. The average Bonchev–Trinajstić information content (AvgIpc) is 2.47. The molecule has 0 fully saturated rings. The van der Waals surface area contributed by atoms with Gasteiger partial charge >= 0.3 is 0 Å². The number of anilines is 1. The number of nitro groups is 1. The molecule has 0 radical (unpaired) electrons. The van der Waals surface area contributed by atoms with Gasteiger partial charge in [-0.2, -0.15) is 0 Å². The molecule has 5 nitrogen and oxygen atoms in total. The number of aryl methyl sites for hydroxylation is 1. The lowest BCUT2D eigenvalue weighted by Gasteiger charge is -2.24. The van der Waals surface area contributed by atoms with Crippen LogP contribution in [-0.2, 0) is 6.54 Å². The van der Waals surface area contributed by atoms with Crippen molar-refractivity contribution in [2.24, 2.45) is 5.73 Å². The van der Waals surface area contributed by atoms with Crippen LogP contribution in [0.2, 0.25) is 0 Å². The fourth-order valence-corrected chi connectivity index (χ4v) is 2.29. The molecule has 0 unspecified atom stereocenters. The Morgan fingerprint density at radius 3 is 2.52 bits per heavy atom. The van der Waals surface area contributed by atoms with Crippen molar-refractivity contribution >= 4 is 11.4 Å². The molecule has 0 spiro atoms. The number of rotatable bonds is 6. The lowest BCUT2D eigenvalue weighted by atomic mass is 10.1. The first-order chi connectivity index (χ1) is 10.1. The van der Waals surface area contributed by atoms with Crippen LogP contribution >= 0.6 is 0 Å². The molecule has 0 aromatic heterocycles. The van der Waals surface area contributed by atoms with E-state index in [1.807, 2.05) is 43.3 Å². The highest BCUT2D eigenvalue weighted by atomic mass is 16.6. The molecule has 0 atom stereocenters. The maximum Gasteiger partial charge on any atom is 0.271 e. The highest BCUT2D eigenvalue weighted by Gasteiger charge is 2.13. The minimum absolute atomic E-state index is 0.111. The molecule has 2 N–H and O–H groups in total. The Bertz CT molecular complexity index is 614. The van der Waals surface area contributed by atoms with E-state index in [-0.39, 0.29) is 10.6 Å². The van der Waals surface area contributed by atoms with E-state index in [9.17, 15) is 10.1 Å². The third kappa shape index (κ3) is 4.03. The summed E-state index contributed by atoms with van der Waals surface area (Å²) in [6, 6.07) is 15.1. The number of benzene rings is 2. The van der Waals surface area contributed by atoms with Gasteiger partial charge in [-0.05, 0) is 24.1 Å². The van der Waals surface area contributed by atoms with Gasteiger partial charge in [0.25, 0.3) is 5.69 Å². The smallest absolute Gasteiger partial charge is 0.271 e. The average molecular weight is 285 g/mol. The van der Waals surface area contributed by atoms with E-state index in [0.29, 0.717) is 19.6 Å². The Morgan fingerprint density at radius 1 is 1.19 bits per heavy atom. The molecule has 110 valence electrons. The SMILES string of the molecule is Cc1cc(N(CCN)Cc2ccccc2)cc([N+](=O)[O-])c1. The topological polar surface area (TPSA) is 72.4 Å². The molecule has 0 amide bonds. The van der Waals surface area contributed by atoms with Gasteiger partial charge in [0.1, 0.15) is 0 Å². The fraction of sp³-hybridized carbons (Fsp3) is 0.250. The lowest BCUT2D eigenvalue weighted by molar-refractivity contribution is -0.384. The molecule has 0 saturated carbocycles. The van der Waals surface area contributed by atoms with Gasteiger partial charge in [-0.3, -0.25) is 10.1 Å². The van der Waals surface area contributed by atoms with Crippen molar-refractivity contribution < 1.29 is 4.92 Å². The Hall–Kier alpha value is -2.40. The van der Waals surface area contributed by atoms with Crippen LogP contribution in [0.5, 0.6) is 0 Å². The van der Waals surface area contributed by atoms with Gasteiger partial charge in [-0.25, -0.2) is 0 Å². The van der Waals surface area contributed by atoms with E-state index in [4.69, 9.17) is 5.73 Å². The number of nitrogens with two attached hydrogens (primary N) is 1. The molecule has 0 aliphatic heterocycles. The molecule has 21 heavy (non-hydrogen) atoms. The van der Waals surface area contributed by atoms with E-state index in [2.05, 4.69) is 4.90 Å². The molecule has 2 aromatic carbocycles. The van der Waals surface area contributed by atoms with Gasteiger partial charge < -0.3 is 10.6 Å². The van der Waals surface area contributed by atoms with Gasteiger partial charge in [0.2, 0.25) is 0 Å². The predicted octanol–water partition coefficient (Wildman–Crippen LogP) is 2.87. The normalized spacial score (nSPS) is 10.4. The Labute approximate surface area is 124 Å². The molecule has 0 heterocycles. The van der Waals surface area contributed by atoms with Gasteiger partial charge in [0.05, 0.1) is 4.92 Å². The number of nitrogens with zero attached hydrogens (tertiary/aromatic N) is 2. The molecule has 0 aliphatic rings.